The Morgan fingerprint density at radius 2 is 1.92 bits per heavy atom. The second-order valence-corrected chi connectivity index (χ2v) is 6.18. The van der Waals surface area contributed by atoms with Crippen LogP contribution in [0.4, 0.5) is 15.0 Å². The van der Waals surface area contributed by atoms with Gasteiger partial charge in [0.1, 0.15) is 11.6 Å². The number of aliphatic hydroxyl groups excluding tert-OH is 1. The first-order valence-corrected chi connectivity index (χ1v) is 7.89. The fourth-order valence-electron chi connectivity index (χ4n) is 2.32. The van der Waals surface area contributed by atoms with Crippen LogP contribution < -0.4 is 10.6 Å². The van der Waals surface area contributed by atoms with Gasteiger partial charge in [-0.2, -0.15) is 5.10 Å². The average molecular weight is 334 g/mol. The van der Waals surface area contributed by atoms with Gasteiger partial charge >= 0.3 is 6.03 Å². The summed E-state index contributed by atoms with van der Waals surface area (Å²) in [6, 6.07) is 6.27. The second kappa shape index (κ2) is 7.92. The van der Waals surface area contributed by atoms with Gasteiger partial charge in [-0.25, -0.2) is 13.9 Å². The first-order chi connectivity index (χ1) is 11.4. The van der Waals surface area contributed by atoms with E-state index in [2.05, 4.69) is 29.6 Å². The molecule has 2 atom stereocenters. The van der Waals surface area contributed by atoms with Gasteiger partial charge in [-0.05, 0) is 30.5 Å². The van der Waals surface area contributed by atoms with Crippen molar-refractivity contribution in [1.82, 2.24) is 15.1 Å². The van der Waals surface area contributed by atoms with Crippen molar-refractivity contribution in [3.63, 3.8) is 0 Å². The summed E-state index contributed by atoms with van der Waals surface area (Å²) in [5.41, 5.74) is 0.536. The number of halogens is 1. The van der Waals surface area contributed by atoms with Crippen molar-refractivity contribution >= 4 is 11.8 Å². The van der Waals surface area contributed by atoms with Crippen LogP contribution in [0.1, 0.15) is 32.4 Å². The number of aliphatic hydroxyl groups is 1. The van der Waals surface area contributed by atoms with E-state index in [4.69, 9.17) is 0 Å². The van der Waals surface area contributed by atoms with E-state index in [1.807, 2.05) is 0 Å². The highest BCUT2D eigenvalue weighted by Crippen LogP contribution is 2.17. The number of carbonyl (C=O) groups is 1. The molecule has 1 heterocycles. The zero-order valence-corrected chi connectivity index (χ0v) is 14.0. The van der Waals surface area contributed by atoms with Crippen LogP contribution in [-0.2, 0) is 6.54 Å². The summed E-state index contributed by atoms with van der Waals surface area (Å²) in [7, 11) is 0. The van der Waals surface area contributed by atoms with Crippen LogP contribution in [-0.4, -0.2) is 27.0 Å². The van der Waals surface area contributed by atoms with Crippen LogP contribution in [0.2, 0.25) is 0 Å². The number of nitrogens with one attached hydrogen (secondary N) is 2. The van der Waals surface area contributed by atoms with E-state index in [0.717, 1.165) is 0 Å². The summed E-state index contributed by atoms with van der Waals surface area (Å²) in [6.07, 6.45) is 0.686. The van der Waals surface area contributed by atoms with Crippen molar-refractivity contribution < 1.29 is 14.3 Å². The van der Waals surface area contributed by atoms with Crippen LogP contribution in [0.3, 0.4) is 0 Å². The highest BCUT2D eigenvalue weighted by atomic mass is 19.1. The first kappa shape index (κ1) is 17.9. The summed E-state index contributed by atoms with van der Waals surface area (Å²) < 4.78 is 14.6. The molecule has 0 saturated carbocycles. The topological polar surface area (TPSA) is 79.2 Å². The zero-order chi connectivity index (χ0) is 17.7. The fourth-order valence-corrected chi connectivity index (χ4v) is 2.32. The van der Waals surface area contributed by atoms with Crippen molar-refractivity contribution in [2.24, 2.45) is 5.92 Å². The Morgan fingerprint density at radius 3 is 2.54 bits per heavy atom. The molecule has 0 radical (unpaired) electrons. The molecule has 0 aliphatic carbocycles. The van der Waals surface area contributed by atoms with Crippen molar-refractivity contribution in [2.75, 3.05) is 5.32 Å². The van der Waals surface area contributed by atoms with Gasteiger partial charge in [-0.1, -0.05) is 26.0 Å². The number of rotatable bonds is 6. The minimum Gasteiger partial charge on any atom is -0.386 e. The molecule has 7 heteroatoms. The summed E-state index contributed by atoms with van der Waals surface area (Å²) in [4.78, 5) is 12.1. The number of hydrogen-bond acceptors (Lipinski definition) is 3. The third-order valence-corrected chi connectivity index (χ3v) is 3.54. The standard InChI is InChI=1S/C17H23FN4O2/c1-11(2)10-22-15(8-9-19-22)21-17(24)20-12(3)16(23)13-4-6-14(18)7-5-13/h4-9,11-12,16,23H,10H2,1-3H3,(H2,20,21,24)/t12-,16+/m0/s1. The number of carbonyl (C=O) groups excluding carboxylic acids is 1. The van der Waals surface area contributed by atoms with Gasteiger partial charge in [0.25, 0.3) is 0 Å². The van der Waals surface area contributed by atoms with Crippen LogP contribution in [0.5, 0.6) is 0 Å². The summed E-state index contributed by atoms with van der Waals surface area (Å²) >= 11 is 0. The van der Waals surface area contributed by atoms with Gasteiger partial charge in [0.2, 0.25) is 0 Å². The second-order valence-electron chi connectivity index (χ2n) is 6.18. The third kappa shape index (κ3) is 4.79. The molecule has 3 N–H and O–H groups in total. The molecular formula is C17H23FN4O2. The van der Waals surface area contributed by atoms with Gasteiger partial charge in [0.15, 0.2) is 0 Å². The Bertz CT molecular complexity index is 669. The van der Waals surface area contributed by atoms with E-state index in [1.54, 1.807) is 23.9 Å². The molecule has 130 valence electrons. The third-order valence-electron chi connectivity index (χ3n) is 3.54. The SMILES string of the molecule is CC(C)Cn1nccc1NC(=O)N[C@@H](C)[C@@H](O)c1ccc(F)cc1. The Hall–Kier alpha value is -2.41. The lowest BCUT2D eigenvalue weighted by molar-refractivity contribution is 0.139. The van der Waals surface area contributed by atoms with Gasteiger partial charge in [-0.3, -0.25) is 5.32 Å². The molecule has 0 unspecified atom stereocenters. The predicted octanol–water partition coefficient (Wildman–Crippen LogP) is 2.92. The quantitative estimate of drug-likeness (QED) is 0.760. The Labute approximate surface area is 140 Å². The van der Waals surface area contributed by atoms with Crippen LogP contribution in [0.25, 0.3) is 0 Å². The molecule has 6 nitrogen and oxygen atoms in total. The number of urea groups is 1. The Balaban J connectivity index is 1.94. The van der Waals surface area contributed by atoms with Crippen molar-refractivity contribution in [1.29, 1.82) is 0 Å². The summed E-state index contributed by atoms with van der Waals surface area (Å²) in [6.45, 7) is 6.49. The highest BCUT2D eigenvalue weighted by Gasteiger charge is 2.19. The van der Waals surface area contributed by atoms with Gasteiger partial charge in [-0.15, -0.1) is 0 Å². The van der Waals surface area contributed by atoms with E-state index in [1.165, 1.54) is 24.3 Å². The van der Waals surface area contributed by atoms with Crippen LogP contribution in [0, 0.1) is 11.7 Å². The smallest absolute Gasteiger partial charge is 0.320 e. The Kier molecular flexibility index (Phi) is 5.92. The van der Waals surface area contributed by atoms with Gasteiger partial charge in [0.05, 0.1) is 18.3 Å². The maximum atomic E-state index is 12.9. The number of hydrogen-bond donors (Lipinski definition) is 3. The number of nitrogens with zero attached hydrogens (tertiary/aromatic N) is 2. The van der Waals surface area contributed by atoms with E-state index in [0.29, 0.717) is 23.8 Å². The van der Waals surface area contributed by atoms with Gasteiger partial charge < -0.3 is 10.4 Å². The fraction of sp³-hybridized carbons (Fsp3) is 0.412. The summed E-state index contributed by atoms with van der Waals surface area (Å²) in [5.74, 6) is 0.611. The molecule has 1 aromatic heterocycles. The minimum absolute atomic E-state index is 0.372. The number of aromatic nitrogens is 2. The lowest BCUT2D eigenvalue weighted by Crippen LogP contribution is -2.40. The van der Waals surface area contributed by atoms with Gasteiger partial charge in [0, 0.05) is 12.6 Å². The number of anilines is 1. The molecule has 0 fully saturated rings. The van der Waals surface area contributed by atoms with E-state index in [9.17, 15) is 14.3 Å². The molecule has 2 aromatic rings. The molecule has 1 aromatic carbocycles. The molecule has 24 heavy (non-hydrogen) atoms. The minimum atomic E-state index is -0.933. The molecule has 0 bridgehead atoms. The maximum Gasteiger partial charge on any atom is 0.320 e. The Morgan fingerprint density at radius 1 is 1.25 bits per heavy atom. The van der Waals surface area contributed by atoms with E-state index >= 15 is 0 Å². The summed E-state index contributed by atoms with van der Waals surface area (Å²) in [5, 5.41) is 19.8. The molecular weight excluding hydrogens is 311 g/mol. The molecule has 2 rings (SSSR count). The molecule has 0 aliphatic heterocycles. The number of benzene rings is 1. The van der Waals surface area contributed by atoms with Crippen LogP contribution >= 0.6 is 0 Å². The molecule has 0 aliphatic rings. The highest BCUT2D eigenvalue weighted by molar-refractivity contribution is 5.88. The largest absolute Gasteiger partial charge is 0.386 e. The van der Waals surface area contributed by atoms with E-state index < -0.39 is 18.2 Å². The lowest BCUT2D eigenvalue weighted by atomic mass is 10.0. The normalized spacial score (nSPS) is 13.6. The van der Waals surface area contributed by atoms with Crippen molar-refractivity contribution in [3.8, 4) is 0 Å². The monoisotopic (exact) mass is 334 g/mol. The van der Waals surface area contributed by atoms with E-state index in [-0.39, 0.29) is 5.82 Å². The maximum absolute atomic E-state index is 12.9. The molecule has 0 spiro atoms. The molecule has 0 saturated heterocycles. The first-order valence-electron chi connectivity index (χ1n) is 7.89. The zero-order valence-electron chi connectivity index (χ0n) is 14.0. The number of amides is 2. The molecule has 2 amide bonds. The van der Waals surface area contributed by atoms with Crippen molar-refractivity contribution in [3.05, 3.63) is 47.9 Å². The predicted molar refractivity (Wildman–Crippen MR) is 90.0 cm³/mol. The van der Waals surface area contributed by atoms with Crippen molar-refractivity contribution in [2.45, 2.75) is 39.5 Å². The average Bonchev–Trinajstić information content (AvgIpc) is 2.93. The lowest BCUT2D eigenvalue weighted by Gasteiger charge is -2.21. The van der Waals surface area contributed by atoms with Crippen LogP contribution in [0.15, 0.2) is 36.5 Å².